The van der Waals surface area contributed by atoms with Crippen molar-refractivity contribution in [2.24, 2.45) is 0 Å². The van der Waals surface area contributed by atoms with Gasteiger partial charge in [-0.15, -0.1) is 0 Å². The van der Waals surface area contributed by atoms with Crippen LogP contribution in [-0.2, 0) is 9.47 Å². The van der Waals surface area contributed by atoms with Gasteiger partial charge in [0.25, 0.3) is 0 Å². The van der Waals surface area contributed by atoms with Crippen molar-refractivity contribution >= 4 is 6.09 Å². The van der Waals surface area contributed by atoms with Crippen molar-refractivity contribution in [2.75, 3.05) is 40.5 Å². The molecule has 1 N–H and O–H groups in total. The minimum atomic E-state index is -0.443. The van der Waals surface area contributed by atoms with Crippen molar-refractivity contribution in [3.8, 4) is 0 Å². The standard InChI is InChI=1S/C7H15NO4/c1-11-6-4-8(3-5-9)7(10)12-2/h9H,3-6H2,1-2H3. The van der Waals surface area contributed by atoms with Gasteiger partial charge in [0, 0.05) is 20.2 Å². The summed E-state index contributed by atoms with van der Waals surface area (Å²) in [6.07, 6.45) is -0.443. The number of aliphatic hydroxyl groups excluding tert-OH is 1. The molecule has 12 heavy (non-hydrogen) atoms. The van der Waals surface area contributed by atoms with Crippen LogP contribution in [0.5, 0.6) is 0 Å². The van der Waals surface area contributed by atoms with E-state index in [4.69, 9.17) is 9.84 Å². The Morgan fingerprint density at radius 2 is 2.08 bits per heavy atom. The number of hydrogen-bond donors (Lipinski definition) is 1. The van der Waals surface area contributed by atoms with Crippen LogP contribution in [0.4, 0.5) is 4.79 Å². The highest BCUT2D eigenvalue weighted by atomic mass is 16.5. The van der Waals surface area contributed by atoms with Gasteiger partial charge in [-0.1, -0.05) is 0 Å². The average molecular weight is 177 g/mol. The second-order valence-electron chi connectivity index (χ2n) is 2.17. The van der Waals surface area contributed by atoms with Crippen LogP contribution in [-0.4, -0.2) is 56.6 Å². The molecule has 0 aromatic rings. The molecule has 0 atom stereocenters. The lowest BCUT2D eigenvalue weighted by Gasteiger charge is -2.19. The molecule has 0 bridgehead atoms. The van der Waals surface area contributed by atoms with E-state index in [-0.39, 0.29) is 13.2 Å². The van der Waals surface area contributed by atoms with Gasteiger partial charge in [0.1, 0.15) is 0 Å². The Balaban J connectivity index is 3.76. The molecule has 0 aliphatic heterocycles. The van der Waals surface area contributed by atoms with Gasteiger partial charge in [-0.3, -0.25) is 0 Å². The summed E-state index contributed by atoms with van der Waals surface area (Å²) in [7, 11) is 2.86. The first kappa shape index (κ1) is 11.2. The van der Waals surface area contributed by atoms with Crippen LogP contribution in [0, 0.1) is 0 Å². The predicted molar refractivity (Wildman–Crippen MR) is 42.9 cm³/mol. The third kappa shape index (κ3) is 4.15. The molecule has 0 saturated heterocycles. The Labute approximate surface area is 71.9 Å². The molecule has 0 spiro atoms. The molecule has 72 valence electrons. The lowest BCUT2D eigenvalue weighted by molar-refractivity contribution is 0.0939. The first-order valence-corrected chi connectivity index (χ1v) is 3.69. The Hall–Kier alpha value is -0.810. The number of aliphatic hydroxyl groups is 1. The summed E-state index contributed by atoms with van der Waals surface area (Å²) in [5, 5.41) is 8.59. The van der Waals surface area contributed by atoms with E-state index in [0.717, 1.165) is 0 Å². The van der Waals surface area contributed by atoms with Gasteiger partial charge < -0.3 is 19.5 Å². The SMILES string of the molecule is COCCN(CCO)C(=O)OC. The summed E-state index contributed by atoms with van der Waals surface area (Å²) < 4.78 is 9.26. The second kappa shape index (κ2) is 6.87. The Kier molecular flexibility index (Phi) is 6.41. The van der Waals surface area contributed by atoms with Crippen molar-refractivity contribution in [3.05, 3.63) is 0 Å². The number of hydrogen-bond acceptors (Lipinski definition) is 4. The molecule has 0 unspecified atom stereocenters. The lowest BCUT2D eigenvalue weighted by atomic mass is 10.5. The van der Waals surface area contributed by atoms with E-state index < -0.39 is 6.09 Å². The zero-order valence-electron chi connectivity index (χ0n) is 7.45. The van der Waals surface area contributed by atoms with Crippen LogP contribution in [0.1, 0.15) is 0 Å². The summed E-state index contributed by atoms with van der Waals surface area (Å²) >= 11 is 0. The van der Waals surface area contributed by atoms with E-state index in [0.29, 0.717) is 13.2 Å². The van der Waals surface area contributed by atoms with Crippen LogP contribution in [0.2, 0.25) is 0 Å². The van der Waals surface area contributed by atoms with Gasteiger partial charge in [0.05, 0.1) is 20.3 Å². The Bertz CT molecular complexity index is 129. The number of amides is 1. The fourth-order valence-electron chi connectivity index (χ4n) is 0.746. The largest absolute Gasteiger partial charge is 0.453 e. The maximum atomic E-state index is 10.9. The number of nitrogens with zero attached hydrogens (tertiary/aromatic N) is 1. The van der Waals surface area contributed by atoms with Crippen molar-refractivity contribution in [1.29, 1.82) is 0 Å². The monoisotopic (exact) mass is 177 g/mol. The van der Waals surface area contributed by atoms with Gasteiger partial charge in [0.15, 0.2) is 0 Å². The van der Waals surface area contributed by atoms with Crippen molar-refractivity contribution in [2.45, 2.75) is 0 Å². The van der Waals surface area contributed by atoms with E-state index in [9.17, 15) is 4.79 Å². The molecule has 0 aromatic heterocycles. The number of rotatable bonds is 5. The summed E-state index contributed by atoms with van der Waals surface area (Å²) in [5.41, 5.74) is 0. The molecule has 0 heterocycles. The normalized spacial score (nSPS) is 9.58. The smallest absolute Gasteiger partial charge is 0.409 e. The van der Waals surface area contributed by atoms with Gasteiger partial charge >= 0.3 is 6.09 Å². The van der Waals surface area contributed by atoms with Crippen LogP contribution >= 0.6 is 0 Å². The maximum absolute atomic E-state index is 10.9. The van der Waals surface area contributed by atoms with E-state index in [1.165, 1.54) is 12.0 Å². The van der Waals surface area contributed by atoms with Crippen molar-refractivity contribution in [1.82, 2.24) is 4.90 Å². The van der Waals surface area contributed by atoms with Gasteiger partial charge in [-0.2, -0.15) is 0 Å². The first-order chi connectivity index (χ1) is 5.76. The quantitative estimate of drug-likeness (QED) is 0.626. The minimum Gasteiger partial charge on any atom is -0.453 e. The summed E-state index contributed by atoms with van der Waals surface area (Å²) in [6.45, 7) is 1.08. The van der Waals surface area contributed by atoms with Gasteiger partial charge in [0.2, 0.25) is 0 Å². The summed E-state index contributed by atoms with van der Waals surface area (Å²) in [5.74, 6) is 0. The molecule has 5 nitrogen and oxygen atoms in total. The molecule has 5 heteroatoms. The van der Waals surface area contributed by atoms with Crippen molar-refractivity contribution < 1.29 is 19.4 Å². The van der Waals surface area contributed by atoms with Crippen LogP contribution in [0.3, 0.4) is 0 Å². The lowest BCUT2D eigenvalue weighted by Crippen LogP contribution is -2.35. The molecule has 0 fully saturated rings. The van der Waals surface area contributed by atoms with Crippen molar-refractivity contribution in [3.63, 3.8) is 0 Å². The maximum Gasteiger partial charge on any atom is 0.409 e. The molecular weight excluding hydrogens is 162 g/mol. The molecular formula is C7H15NO4. The summed E-state index contributed by atoms with van der Waals surface area (Å²) in [4.78, 5) is 12.3. The first-order valence-electron chi connectivity index (χ1n) is 3.69. The zero-order chi connectivity index (χ0) is 9.40. The van der Waals surface area contributed by atoms with Crippen LogP contribution in [0.25, 0.3) is 0 Å². The topological polar surface area (TPSA) is 59.0 Å². The zero-order valence-corrected chi connectivity index (χ0v) is 7.45. The van der Waals surface area contributed by atoms with Gasteiger partial charge in [-0.05, 0) is 0 Å². The number of methoxy groups -OCH3 is 2. The summed E-state index contributed by atoms with van der Waals surface area (Å²) in [6, 6.07) is 0. The number of carbonyl (C=O) groups excluding carboxylic acids is 1. The molecule has 0 radical (unpaired) electrons. The molecule has 1 amide bonds. The van der Waals surface area contributed by atoms with Crippen LogP contribution < -0.4 is 0 Å². The molecule has 0 aliphatic carbocycles. The van der Waals surface area contributed by atoms with Gasteiger partial charge in [-0.25, -0.2) is 4.79 Å². The Morgan fingerprint density at radius 1 is 1.42 bits per heavy atom. The second-order valence-corrected chi connectivity index (χ2v) is 2.17. The van der Waals surface area contributed by atoms with E-state index in [1.54, 1.807) is 7.11 Å². The molecule has 0 aromatic carbocycles. The Morgan fingerprint density at radius 3 is 2.50 bits per heavy atom. The molecule has 0 aliphatic rings. The number of ether oxygens (including phenoxy) is 2. The average Bonchev–Trinajstić information content (AvgIpc) is 2.11. The van der Waals surface area contributed by atoms with E-state index in [2.05, 4.69) is 4.74 Å². The van der Waals surface area contributed by atoms with E-state index in [1.807, 2.05) is 0 Å². The number of carbonyl (C=O) groups is 1. The fraction of sp³-hybridized carbons (Fsp3) is 0.857. The third-order valence-electron chi connectivity index (χ3n) is 1.37. The highest BCUT2D eigenvalue weighted by molar-refractivity contribution is 5.67. The third-order valence-corrected chi connectivity index (χ3v) is 1.37. The highest BCUT2D eigenvalue weighted by Crippen LogP contribution is 1.91. The van der Waals surface area contributed by atoms with Crippen LogP contribution in [0.15, 0.2) is 0 Å². The predicted octanol–water partition coefficient (Wildman–Crippen LogP) is -0.306. The fourth-order valence-corrected chi connectivity index (χ4v) is 0.746. The molecule has 0 rings (SSSR count). The van der Waals surface area contributed by atoms with E-state index >= 15 is 0 Å². The minimum absolute atomic E-state index is 0.0706. The highest BCUT2D eigenvalue weighted by Gasteiger charge is 2.11. The molecule has 0 saturated carbocycles.